The molecule has 1 aromatic heterocycles. The number of hydrogen-bond acceptors (Lipinski definition) is 5. The van der Waals surface area contributed by atoms with Gasteiger partial charge < -0.3 is 13.9 Å². The number of esters is 1. The normalized spacial score (nSPS) is 17.0. The number of hydrogen-bond donors (Lipinski definition) is 0. The van der Waals surface area contributed by atoms with Crippen molar-refractivity contribution in [1.29, 1.82) is 0 Å². The summed E-state index contributed by atoms with van der Waals surface area (Å²) in [5.74, 6) is 0.925. The summed E-state index contributed by atoms with van der Waals surface area (Å²) in [6, 6.07) is 10.9. The molecule has 0 aliphatic carbocycles. The van der Waals surface area contributed by atoms with Crippen molar-refractivity contribution in [3.8, 4) is 5.75 Å². The molecule has 0 saturated heterocycles. The van der Waals surface area contributed by atoms with Gasteiger partial charge in [0.15, 0.2) is 11.5 Å². The van der Waals surface area contributed by atoms with Crippen molar-refractivity contribution < 1.29 is 18.7 Å². The third-order valence-corrected chi connectivity index (χ3v) is 3.45. The Balaban J connectivity index is 1.77. The molecule has 2 heterocycles. The SMILES string of the molecule is CCC(C)Oc1ccc(/C=C2\N=C(c3ccco3)OC2=O)cc1. The number of carbonyl (C=O) groups is 1. The summed E-state index contributed by atoms with van der Waals surface area (Å²) in [5.41, 5.74) is 1.09. The molecule has 23 heavy (non-hydrogen) atoms. The number of benzene rings is 1. The summed E-state index contributed by atoms with van der Waals surface area (Å²) < 4.78 is 16.0. The van der Waals surface area contributed by atoms with Gasteiger partial charge >= 0.3 is 5.97 Å². The molecular formula is C18H17NO4. The van der Waals surface area contributed by atoms with Gasteiger partial charge in [-0.15, -0.1) is 0 Å². The fraction of sp³-hybridized carbons (Fsp3) is 0.222. The number of furan rings is 1. The maximum absolute atomic E-state index is 11.9. The second-order valence-electron chi connectivity index (χ2n) is 5.22. The van der Waals surface area contributed by atoms with Crippen molar-refractivity contribution in [2.24, 2.45) is 4.99 Å². The summed E-state index contributed by atoms with van der Waals surface area (Å²) in [7, 11) is 0. The number of rotatable bonds is 5. The third kappa shape index (κ3) is 3.51. The summed E-state index contributed by atoms with van der Waals surface area (Å²) in [6.45, 7) is 4.10. The van der Waals surface area contributed by atoms with Crippen LogP contribution in [0.25, 0.3) is 6.08 Å². The minimum atomic E-state index is -0.490. The van der Waals surface area contributed by atoms with E-state index in [0.29, 0.717) is 5.76 Å². The van der Waals surface area contributed by atoms with E-state index in [0.717, 1.165) is 17.7 Å². The molecule has 0 saturated carbocycles. The first kappa shape index (κ1) is 15.1. The van der Waals surface area contributed by atoms with Crippen LogP contribution in [0.5, 0.6) is 5.75 Å². The summed E-state index contributed by atoms with van der Waals surface area (Å²) in [6.07, 6.45) is 4.29. The Hall–Kier alpha value is -2.82. The van der Waals surface area contributed by atoms with Crippen molar-refractivity contribution in [3.63, 3.8) is 0 Å². The molecule has 0 fully saturated rings. The highest BCUT2D eigenvalue weighted by Gasteiger charge is 2.25. The highest BCUT2D eigenvalue weighted by atomic mass is 16.6. The molecule has 0 spiro atoms. The smallest absolute Gasteiger partial charge is 0.363 e. The molecule has 1 unspecified atom stereocenters. The molecule has 1 atom stereocenters. The van der Waals surface area contributed by atoms with E-state index in [1.54, 1.807) is 18.2 Å². The van der Waals surface area contributed by atoms with Gasteiger partial charge in [-0.25, -0.2) is 9.79 Å². The minimum absolute atomic E-state index is 0.171. The van der Waals surface area contributed by atoms with Gasteiger partial charge in [0.05, 0.1) is 12.4 Å². The fourth-order valence-electron chi connectivity index (χ4n) is 2.03. The Morgan fingerprint density at radius 1 is 1.26 bits per heavy atom. The highest BCUT2D eigenvalue weighted by molar-refractivity contribution is 6.11. The van der Waals surface area contributed by atoms with E-state index in [4.69, 9.17) is 13.9 Å². The van der Waals surface area contributed by atoms with E-state index in [1.165, 1.54) is 6.26 Å². The quantitative estimate of drug-likeness (QED) is 0.622. The van der Waals surface area contributed by atoms with Crippen LogP contribution >= 0.6 is 0 Å². The average molecular weight is 311 g/mol. The fourth-order valence-corrected chi connectivity index (χ4v) is 2.03. The predicted octanol–water partition coefficient (Wildman–Crippen LogP) is 3.80. The first-order valence-electron chi connectivity index (χ1n) is 7.49. The average Bonchev–Trinajstić information content (AvgIpc) is 3.19. The van der Waals surface area contributed by atoms with Crippen LogP contribution in [0.2, 0.25) is 0 Å². The van der Waals surface area contributed by atoms with Crippen LogP contribution in [0.1, 0.15) is 31.6 Å². The lowest BCUT2D eigenvalue weighted by molar-refractivity contribution is -0.130. The molecule has 1 aromatic carbocycles. The molecule has 1 aliphatic rings. The highest BCUT2D eigenvalue weighted by Crippen LogP contribution is 2.21. The molecule has 3 rings (SSSR count). The van der Waals surface area contributed by atoms with Crippen LogP contribution in [0, 0.1) is 0 Å². The maximum Gasteiger partial charge on any atom is 0.363 e. The summed E-state index contributed by atoms with van der Waals surface area (Å²) >= 11 is 0. The number of nitrogens with zero attached hydrogens (tertiary/aromatic N) is 1. The summed E-state index contributed by atoms with van der Waals surface area (Å²) in [5, 5.41) is 0. The number of carbonyl (C=O) groups excluding carboxylic acids is 1. The van der Waals surface area contributed by atoms with Crippen LogP contribution in [0.4, 0.5) is 0 Å². The van der Waals surface area contributed by atoms with Crippen molar-refractivity contribution in [3.05, 3.63) is 59.7 Å². The van der Waals surface area contributed by atoms with Crippen molar-refractivity contribution in [1.82, 2.24) is 0 Å². The lowest BCUT2D eigenvalue weighted by Gasteiger charge is -2.12. The van der Waals surface area contributed by atoms with Crippen LogP contribution in [0.3, 0.4) is 0 Å². The van der Waals surface area contributed by atoms with Gasteiger partial charge in [0.25, 0.3) is 5.90 Å². The molecule has 0 bridgehead atoms. The van der Waals surface area contributed by atoms with E-state index < -0.39 is 5.97 Å². The molecule has 5 nitrogen and oxygen atoms in total. The number of cyclic esters (lactones) is 1. The topological polar surface area (TPSA) is 61.0 Å². The van der Waals surface area contributed by atoms with E-state index in [1.807, 2.05) is 31.2 Å². The third-order valence-electron chi connectivity index (χ3n) is 3.45. The van der Waals surface area contributed by atoms with Gasteiger partial charge in [-0.3, -0.25) is 0 Å². The van der Waals surface area contributed by atoms with Crippen LogP contribution < -0.4 is 4.74 Å². The Labute approximate surface area is 134 Å². The Kier molecular flexibility index (Phi) is 4.28. The Morgan fingerprint density at radius 3 is 2.70 bits per heavy atom. The van der Waals surface area contributed by atoms with Gasteiger partial charge in [0.2, 0.25) is 0 Å². The second-order valence-corrected chi connectivity index (χ2v) is 5.22. The zero-order chi connectivity index (χ0) is 16.2. The van der Waals surface area contributed by atoms with Gasteiger partial charge in [-0.05, 0) is 49.2 Å². The maximum atomic E-state index is 11.9. The van der Waals surface area contributed by atoms with Crippen LogP contribution in [-0.4, -0.2) is 18.0 Å². The largest absolute Gasteiger partial charge is 0.491 e. The van der Waals surface area contributed by atoms with Crippen LogP contribution in [-0.2, 0) is 9.53 Å². The zero-order valence-corrected chi connectivity index (χ0v) is 13.0. The molecule has 1 aliphatic heterocycles. The predicted molar refractivity (Wildman–Crippen MR) is 86.1 cm³/mol. The van der Waals surface area contributed by atoms with E-state index >= 15 is 0 Å². The van der Waals surface area contributed by atoms with Crippen molar-refractivity contribution in [2.45, 2.75) is 26.4 Å². The lowest BCUT2D eigenvalue weighted by atomic mass is 10.2. The van der Waals surface area contributed by atoms with E-state index in [9.17, 15) is 4.79 Å². The van der Waals surface area contributed by atoms with Gasteiger partial charge in [-0.2, -0.15) is 0 Å². The Bertz CT molecular complexity index is 742. The van der Waals surface area contributed by atoms with E-state index in [2.05, 4.69) is 11.9 Å². The lowest BCUT2D eigenvalue weighted by Crippen LogP contribution is -2.09. The van der Waals surface area contributed by atoms with Crippen molar-refractivity contribution >= 4 is 17.9 Å². The standard InChI is InChI=1S/C18H17NO4/c1-3-12(2)22-14-8-6-13(7-9-14)11-15-18(20)23-17(19-15)16-5-4-10-21-16/h4-12H,3H2,1-2H3/b15-11-. The second kappa shape index (κ2) is 6.52. The molecular weight excluding hydrogens is 294 g/mol. The number of aliphatic imine (C=N–C) groups is 1. The monoisotopic (exact) mass is 311 g/mol. The summed E-state index contributed by atoms with van der Waals surface area (Å²) in [4.78, 5) is 16.0. The molecule has 2 aromatic rings. The van der Waals surface area contributed by atoms with Crippen LogP contribution in [0.15, 0.2) is 57.8 Å². The van der Waals surface area contributed by atoms with Crippen molar-refractivity contribution in [2.75, 3.05) is 0 Å². The zero-order valence-electron chi connectivity index (χ0n) is 13.0. The molecule has 0 radical (unpaired) electrons. The Morgan fingerprint density at radius 2 is 2.04 bits per heavy atom. The molecule has 5 heteroatoms. The first-order valence-corrected chi connectivity index (χ1v) is 7.49. The van der Waals surface area contributed by atoms with Gasteiger partial charge in [0, 0.05) is 0 Å². The molecule has 0 amide bonds. The number of ether oxygens (including phenoxy) is 2. The molecule has 118 valence electrons. The first-order chi connectivity index (χ1) is 11.2. The van der Waals surface area contributed by atoms with Gasteiger partial charge in [-0.1, -0.05) is 19.1 Å². The molecule has 0 N–H and O–H groups in total. The van der Waals surface area contributed by atoms with Gasteiger partial charge in [0.1, 0.15) is 5.75 Å². The van der Waals surface area contributed by atoms with E-state index in [-0.39, 0.29) is 17.7 Å². The minimum Gasteiger partial charge on any atom is -0.491 e.